The van der Waals surface area contributed by atoms with Crippen LogP contribution in [0.5, 0.6) is 5.75 Å². The predicted molar refractivity (Wildman–Crippen MR) is 159 cm³/mol. The van der Waals surface area contributed by atoms with Crippen molar-refractivity contribution in [2.24, 2.45) is 0 Å². The van der Waals surface area contributed by atoms with Crippen LogP contribution in [-0.2, 0) is 32.6 Å². The smallest absolute Gasteiger partial charge is 0.244 e. The number of anilines is 1. The van der Waals surface area contributed by atoms with E-state index in [1.807, 2.05) is 51.1 Å². The van der Waals surface area contributed by atoms with E-state index in [2.05, 4.69) is 5.32 Å². The molecule has 0 aliphatic rings. The van der Waals surface area contributed by atoms with Gasteiger partial charge in [0, 0.05) is 24.0 Å². The summed E-state index contributed by atoms with van der Waals surface area (Å²) in [5, 5.41) is 3.36. The van der Waals surface area contributed by atoms with Crippen LogP contribution >= 0.6 is 11.6 Å². The van der Waals surface area contributed by atoms with Crippen LogP contribution in [0.1, 0.15) is 31.9 Å². The van der Waals surface area contributed by atoms with Crippen LogP contribution in [0.25, 0.3) is 0 Å². The molecule has 1 atom stereocenters. The average Bonchev–Trinajstić information content (AvgIpc) is 2.90. The number of halogens is 1. The van der Waals surface area contributed by atoms with E-state index in [1.54, 1.807) is 48.5 Å². The average molecular weight is 586 g/mol. The molecule has 1 N–H and O–H groups in total. The standard InChI is InChI=1S/C30H36ClN3O5S/c1-5-39-26-17-15-25(16-18-26)34(40(4,37)38)21-29(35)33(20-24-13-9-10-14-27(24)31)28(30(36)32-22(2)3)19-23-11-7-6-8-12-23/h6-18,22,28H,5,19-21H2,1-4H3,(H,32,36). The zero-order chi connectivity index (χ0) is 29.3. The van der Waals surface area contributed by atoms with E-state index in [9.17, 15) is 18.0 Å². The number of sulfonamides is 1. The van der Waals surface area contributed by atoms with Crippen molar-refractivity contribution < 1.29 is 22.7 Å². The Bertz CT molecular complexity index is 1380. The van der Waals surface area contributed by atoms with Gasteiger partial charge in [0.05, 0.1) is 18.6 Å². The summed E-state index contributed by atoms with van der Waals surface area (Å²) < 4.78 is 32.3. The van der Waals surface area contributed by atoms with Crippen LogP contribution < -0.4 is 14.4 Å². The first-order chi connectivity index (χ1) is 19.0. The van der Waals surface area contributed by atoms with Crippen LogP contribution in [0, 0.1) is 0 Å². The van der Waals surface area contributed by atoms with Crippen molar-refractivity contribution in [2.45, 2.75) is 45.8 Å². The number of ether oxygens (including phenoxy) is 1. The maximum absolute atomic E-state index is 14.1. The Hall–Kier alpha value is -3.56. The van der Waals surface area contributed by atoms with Gasteiger partial charge >= 0.3 is 0 Å². The molecule has 0 aromatic heterocycles. The molecule has 0 spiro atoms. The lowest BCUT2D eigenvalue weighted by Gasteiger charge is -2.34. The Morgan fingerprint density at radius 3 is 2.15 bits per heavy atom. The van der Waals surface area contributed by atoms with Gasteiger partial charge < -0.3 is 15.0 Å². The third-order valence-corrected chi connectivity index (χ3v) is 7.62. The van der Waals surface area contributed by atoms with Gasteiger partial charge in [-0.3, -0.25) is 13.9 Å². The summed E-state index contributed by atoms with van der Waals surface area (Å²) >= 11 is 6.46. The summed E-state index contributed by atoms with van der Waals surface area (Å²) in [6.07, 6.45) is 1.28. The number of benzene rings is 3. The highest BCUT2D eigenvalue weighted by Crippen LogP contribution is 2.24. The van der Waals surface area contributed by atoms with Crippen LogP contribution in [0.2, 0.25) is 5.02 Å². The third-order valence-electron chi connectivity index (χ3n) is 6.12. The number of hydrogen-bond donors (Lipinski definition) is 1. The van der Waals surface area contributed by atoms with E-state index in [-0.39, 0.29) is 24.9 Å². The van der Waals surface area contributed by atoms with Crippen LogP contribution in [0.4, 0.5) is 5.69 Å². The molecule has 3 rings (SSSR count). The monoisotopic (exact) mass is 585 g/mol. The van der Waals surface area contributed by atoms with Gasteiger partial charge in [-0.2, -0.15) is 0 Å². The highest BCUT2D eigenvalue weighted by molar-refractivity contribution is 7.92. The number of nitrogens with one attached hydrogen (secondary N) is 1. The minimum Gasteiger partial charge on any atom is -0.494 e. The SMILES string of the molecule is CCOc1ccc(N(CC(=O)N(Cc2ccccc2Cl)C(Cc2ccccc2)C(=O)NC(C)C)S(C)(=O)=O)cc1. The first kappa shape index (κ1) is 31.0. The highest BCUT2D eigenvalue weighted by Gasteiger charge is 2.33. The van der Waals surface area contributed by atoms with Crippen LogP contribution in [-0.4, -0.2) is 56.6 Å². The van der Waals surface area contributed by atoms with Crippen molar-refractivity contribution in [1.82, 2.24) is 10.2 Å². The van der Waals surface area contributed by atoms with Crippen LogP contribution in [0.15, 0.2) is 78.9 Å². The number of carbonyl (C=O) groups is 2. The van der Waals surface area contributed by atoms with Gasteiger partial charge in [-0.1, -0.05) is 60.1 Å². The van der Waals surface area contributed by atoms with Crippen LogP contribution in [0.3, 0.4) is 0 Å². The molecule has 10 heteroatoms. The van der Waals surface area contributed by atoms with E-state index in [1.165, 1.54) is 4.90 Å². The first-order valence-corrected chi connectivity index (χ1v) is 15.3. The summed E-state index contributed by atoms with van der Waals surface area (Å²) in [6, 6.07) is 21.8. The lowest BCUT2D eigenvalue weighted by molar-refractivity contribution is -0.140. The molecule has 0 bridgehead atoms. The van der Waals surface area contributed by atoms with Crippen molar-refractivity contribution in [2.75, 3.05) is 23.7 Å². The molecule has 8 nitrogen and oxygen atoms in total. The molecule has 0 saturated carbocycles. The van der Waals surface area contributed by atoms with Gasteiger partial charge in [-0.25, -0.2) is 8.42 Å². The second kappa shape index (κ2) is 14.2. The fourth-order valence-electron chi connectivity index (χ4n) is 4.23. The Morgan fingerprint density at radius 2 is 1.57 bits per heavy atom. The summed E-state index contributed by atoms with van der Waals surface area (Å²) in [5.41, 5.74) is 1.80. The van der Waals surface area contributed by atoms with Crippen molar-refractivity contribution in [3.05, 3.63) is 95.0 Å². The molecule has 0 saturated heterocycles. The van der Waals surface area contributed by atoms with Gasteiger partial charge in [0.15, 0.2) is 0 Å². The summed E-state index contributed by atoms with van der Waals surface area (Å²) in [4.78, 5) is 29.0. The predicted octanol–water partition coefficient (Wildman–Crippen LogP) is 4.67. The lowest BCUT2D eigenvalue weighted by Crippen LogP contribution is -2.54. The van der Waals surface area contributed by atoms with Gasteiger partial charge in [0.1, 0.15) is 18.3 Å². The molecule has 0 aliphatic heterocycles. The number of hydrogen-bond acceptors (Lipinski definition) is 5. The van der Waals surface area contributed by atoms with Gasteiger partial charge in [0.25, 0.3) is 0 Å². The lowest BCUT2D eigenvalue weighted by atomic mass is 10.0. The summed E-state index contributed by atoms with van der Waals surface area (Å²) in [7, 11) is -3.86. The van der Waals surface area contributed by atoms with E-state index in [0.717, 1.165) is 16.1 Å². The third kappa shape index (κ3) is 8.72. The molecule has 0 aliphatic carbocycles. The molecular weight excluding hydrogens is 550 g/mol. The first-order valence-electron chi connectivity index (χ1n) is 13.1. The molecule has 3 aromatic carbocycles. The van der Waals surface area contributed by atoms with E-state index in [0.29, 0.717) is 28.6 Å². The van der Waals surface area contributed by atoms with Gasteiger partial charge in [-0.05, 0) is 62.2 Å². The molecule has 0 heterocycles. The van der Waals surface area contributed by atoms with E-state index in [4.69, 9.17) is 16.3 Å². The molecule has 1 unspecified atom stereocenters. The second-order valence-electron chi connectivity index (χ2n) is 9.68. The summed E-state index contributed by atoms with van der Waals surface area (Å²) in [6.45, 7) is 5.51. The van der Waals surface area contributed by atoms with Crippen molar-refractivity contribution in [1.29, 1.82) is 0 Å². The Labute approximate surface area is 241 Å². The van der Waals surface area contributed by atoms with Gasteiger partial charge in [0.2, 0.25) is 21.8 Å². The van der Waals surface area contributed by atoms with E-state index < -0.39 is 28.5 Å². The molecular formula is C30H36ClN3O5S. The van der Waals surface area contributed by atoms with Gasteiger partial charge in [-0.15, -0.1) is 0 Å². The Balaban J connectivity index is 2.04. The highest BCUT2D eigenvalue weighted by atomic mass is 35.5. The number of carbonyl (C=O) groups excluding carboxylic acids is 2. The second-order valence-corrected chi connectivity index (χ2v) is 12.0. The molecule has 2 amide bonds. The fourth-order valence-corrected chi connectivity index (χ4v) is 5.28. The minimum absolute atomic E-state index is 0.0163. The molecule has 0 fully saturated rings. The number of nitrogens with zero attached hydrogens (tertiary/aromatic N) is 2. The van der Waals surface area contributed by atoms with Crippen molar-refractivity contribution >= 4 is 39.1 Å². The molecule has 0 radical (unpaired) electrons. The fraction of sp³-hybridized carbons (Fsp3) is 0.333. The summed E-state index contributed by atoms with van der Waals surface area (Å²) in [5.74, 6) is -0.301. The molecule has 214 valence electrons. The zero-order valence-corrected chi connectivity index (χ0v) is 24.8. The Morgan fingerprint density at radius 1 is 0.950 bits per heavy atom. The zero-order valence-electron chi connectivity index (χ0n) is 23.2. The van der Waals surface area contributed by atoms with Crippen molar-refractivity contribution in [3.63, 3.8) is 0 Å². The number of rotatable bonds is 13. The Kier molecular flexibility index (Phi) is 11.0. The number of amides is 2. The van der Waals surface area contributed by atoms with Crippen molar-refractivity contribution in [3.8, 4) is 5.75 Å². The quantitative estimate of drug-likeness (QED) is 0.314. The molecule has 40 heavy (non-hydrogen) atoms. The minimum atomic E-state index is -3.86. The topological polar surface area (TPSA) is 96.0 Å². The maximum Gasteiger partial charge on any atom is 0.244 e. The molecule has 3 aromatic rings. The largest absolute Gasteiger partial charge is 0.494 e. The maximum atomic E-state index is 14.1. The normalized spacial score (nSPS) is 12.1. The van der Waals surface area contributed by atoms with E-state index >= 15 is 0 Å².